The number of rotatable bonds is 2. The van der Waals surface area contributed by atoms with Gasteiger partial charge in [-0.3, -0.25) is 17.2 Å². The third-order valence-corrected chi connectivity index (χ3v) is 2.79. The summed E-state index contributed by atoms with van der Waals surface area (Å²) in [5.74, 6) is 0. The molecule has 0 saturated carbocycles. The van der Waals surface area contributed by atoms with Crippen LogP contribution in [0.5, 0.6) is 0 Å². The summed E-state index contributed by atoms with van der Waals surface area (Å²) < 4.78 is 0. The summed E-state index contributed by atoms with van der Waals surface area (Å²) in [6.45, 7) is 3.25. The Balaban J connectivity index is 2.23. The molecule has 16 heavy (non-hydrogen) atoms. The first-order chi connectivity index (χ1) is 7.68. The first-order valence-corrected chi connectivity index (χ1v) is 5.22. The van der Waals surface area contributed by atoms with E-state index in [1.165, 1.54) is 0 Å². The Kier molecular flexibility index (Phi) is 3.05. The smallest absolute Gasteiger partial charge is 0.292 e. The van der Waals surface area contributed by atoms with Crippen molar-refractivity contribution in [1.29, 1.82) is 0 Å². The van der Waals surface area contributed by atoms with Crippen molar-refractivity contribution in [3.63, 3.8) is 0 Å². The van der Waals surface area contributed by atoms with Gasteiger partial charge in [0, 0.05) is 19.2 Å². The highest BCUT2D eigenvalue weighted by atomic mass is 16.6. The summed E-state index contributed by atoms with van der Waals surface area (Å²) in [5.41, 5.74) is 0.889. The van der Waals surface area contributed by atoms with E-state index < -0.39 is 0 Å². The number of hydrogen-bond acceptors (Lipinski definition) is 4. The number of nitro benzene ring substituents is 1. The van der Waals surface area contributed by atoms with Crippen molar-refractivity contribution < 1.29 is 4.92 Å². The number of hydrogen-bond donors (Lipinski definition) is 0. The molecule has 0 aliphatic carbocycles. The fourth-order valence-corrected chi connectivity index (χ4v) is 1.87. The van der Waals surface area contributed by atoms with Crippen molar-refractivity contribution in [3.05, 3.63) is 41.4 Å². The number of nitro groups is 1. The lowest BCUT2D eigenvalue weighted by Gasteiger charge is -2.38. The number of benzene rings is 1. The molecule has 1 aliphatic rings. The molecule has 1 aromatic rings. The Morgan fingerprint density at radius 1 is 1.19 bits per heavy atom. The molecule has 86 valence electrons. The summed E-state index contributed by atoms with van der Waals surface area (Å²) in [5, 5.41) is 10.9. The zero-order chi connectivity index (χ0) is 11.5. The first kappa shape index (κ1) is 10.9. The van der Waals surface area contributed by atoms with Crippen LogP contribution >= 0.6 is 0 Å². The van der Waals surface area contributed by atoms with Crippen LogP contribution in [-0.2, 0) is 0 Å². The van der Waals surface area contributed by atoms with Gasteiger partial charge < -0.3 is 9.80 Å². The molecule has 0 atom stereocenters. The van der Waals surface area contributed by atoms with Gasteiger partial charge in [-0.05, 0) is 19.2 Å². The summed E-state index contributed by atoms with van der Waals surface area (Å²) in [4.78, 5) is 14.6. The Labute approximate surface area is 94.4 Å². The molecule has 0 spiro atoms. The molecule has 1 aliphatic heterocycles. The maximum Gasteiger partial charge on any atom is 0.292 e. The third kappa shape index (κ3) is 2.14. The van der Waals surface area contributed by atoms with E-state index >= 15 is 0 Å². The summed E-state index contributed by atoms with van der Waals surface area (Å²) in [6.07, 6.45) is 0. The molecule has 0 N–H and O–H groups in total. The quantitative estimate of drug-likeness (QED) is 0.430. The molecule has 0 bridgehead atoms. The maximum absolute atomic E-state index is 10.9. The van der Waals surface area contributed by atoms with Crippen LogP contribution in [0.3, 0.4) is 0 Å². The van der Waals surface area contributed by atoms with Crippen molar-refractivity contribution in [2.75, 3.05) is 31.1 Å². The van der Waals surface area contributed by atoms with Crippen LogP contribution in [0.4, 0.5) is 11.4 Å². The van der Waals surface area contributed by atoms with Crippen LogP contribution in [-0.4, -0.2) is 36.0 Å². The zero-order valence-electron chi connectivity index (χ0n) is 9.00. The molecular weight excluding hydrogens is 206 g/mol. The zero-order valence-corrected chi connectivity index (χ0v) is 9.00. The van der Waals surface area contributed by atoms with E-state index in [2.05, 4.69) is 7.05 Å². The number of para-hydroxylation sites is 2. The first-order valence-electron chi connectivity index (χ1n) is 5.22. The van der Waals surface area contributed by atoms with E-state index in [-0.39, 0.29) is 10.6 Å². The maximum atomic E-state index is 10.9. The lowest BCUT2D eigenvalue weighted by atomic mass is 10.2. The van der Waals surface area contributed by atoms with Crippen molar-refractivity contribution in [2.45, 2.75) is 0 Å². The van der Waals surface area contributed by atoms with Crippen molar-refractivity contribution in [1.82, 2.24) is 4.90 Å². The third-order valence-electron chi connectivity index (χ3n) is 2.79. The van der Waals surface area contributed by atoms with E-state index in [1.54, 1.807) is 18.2 Å². The molecule has 1 saturated heterocycles. The molecule has 5 nitrogen and oxygen atoms in total. The van der Waals surface area contributed by atoms with Crippen molar-refractivity contribution in [3.8, 4) is 0 Å². The lowest BCUT2D eigenvalue weighted by Crippen LogP contribution is -2.43. The van der Waals surface area contributed by atoms with Gasteiger partial charge >= 0.3 is 0 Å². The number of piperazine rings is 1. The van der Waals surface area contributed by atoms with Gasteiger partial charge in [0.1, 0.15) is 5.69 Å². The van der Waals surface area contributed by atoms with Crippen LogP contribution < -0.4 is 4.90 Å². The molecular formula is C11H14N3O2-. The van der Waals surface area contributed by atoms with Crippen LogP contribution in [0, 0.1) is 17.2 Å². The SMILES string of the molecule is [CH2-]N1CCN(c2ccccc2[N+](=O)[O-])CC1. The van der Waals surface area contributed by atoms with Gasteiger partial charge in [0.05, 0.1) is 4.92 Å². The van der Waals surface area contributed by atoms with Crippen LogP contribution in [0.15, 0.2) is 24.3 Å². The average Bonchev–Trinajstić information content (AvgIpc) is 2.30. The highest BCUT2D eigenvalue weighted by Crippen LogP contribution is 2.28. The Hall–Kier alpha value is -1.62. The number of anilines is 1. The highest BCUT2D eigenvalue weighted by Gasteiger charge is 2.20. The fourth-order valence-electron chi connectivity index (χ4n) is 1.87. The fraction of sp³-hybridized carbons (Fsp3) is 0.364. The minimum absolute atomic E-state index is 0.181. The molecule has 1 fully saturated rings. The molecule has 0 aromatic heterocycles. The van der Waals surface area contributed by atoms with E-state index in [0.717, 1.165) is 26.2 Å². The van der Waals surface area contributed by atoms with Gasteiger partial charge in [0.2, 0.25) is 0 Å². The second kappa shape index (κ2) is 4.49. The number of nitrogens with zero attached hydrogens (tertiary/aromatic N) is 3. The average molecular weight is 220 g/mol. The Bertz CT molecular complexity index is 387. The second-order valence-corrected chi connectivity index (χ2v) is 3.85. The van der Waals surface area contributed by atoms with Crippen LogP contribution in [0.2, 0.25) is 0 Å². The topological polar surface area (TPSA) is 49.6 Å². The standard InChI is InChI=1S/C11H14N3O2/c1-12-6-8-13(9-7-12)10-4-2-3-5-11(10)14(15)16/h2-5H,1,6-9H2/q-1. The van der Waals surface area contributed by atoms with Gasteiger partial charge in [-0.25, -0.2) is 0 Å². The van der Waals surface area contributed by atoms with E-state index in [1.807, 2.05) is 15.9 Å². The van der Waals surface area contributed by atoms with E-state index in [0.29, 0.717) is 5.69 Å². The minimum atomic E-state index is -0.327. The van der Waals surface area contributed by atoms with Gasteiger partial charge in [-0.15, -0.1) is 0 Å². The van der Waals surface area contributed by atoms with Gasteiger partial charge in [-0.1, -0.05) is 12.1 Å². The largest absolute Gasteiger partial charge is 0.456 e. The van der Waals surface area contributed by atoms with E-state index in [9.17, 15) is 10.1 Å². The molecule has 2 rings (SSSR count). The molecule has 1 aromatic carbocycles. The normalized spacial score (nSPS) is 17.4. The lowest BCUT2D eigenvalue weighted by molar-refractivity contribution is -0.384. The predicted molar refractivity (Wildman–Crippen MR) is 62.2 cm³/mol. The minimum Gasteiger partial charge on any atom is -0.456 e. The highest BCUT2D eigenvalue weighted by molar-refractivity contribution is 5.63. The Morgan fingerprint density at radius 2 is 1.81 bits per heavy atom. The summed E-state index contributed by atoms with van der Waals surface area (Å²) in [7, 11) is 3.86. The predicted octanol–water partition coefficient (Wildman–Crippen LogP) is 1.51. The molecule has 1 heterocycles. The molecule has 0 unspecified atom stereocenters. The van der Waals surface area contributed by atoms with E-state index in [4.69, 9.17) is 0 Å². The summed E-state index contributed by atoms with van der Waals surface area (Å²) >= 11 is 0. The van der Waals surface area contributed by atoms with Gasteiger partial charge in [0.25, 0.3) is 5.69 Å². The molecule has 0 amide bonds. The second-order valence-electron chi connectivity index (χ2n) is 3.85. The van der Waals surface area contributed by atoms with Gasteiger partial charge in [-0.2, -0.15) is 0 Å². The van der Waals surface area contributed by atoms with Crippen molar-refractivity contribution in [2.24, 2.45) is 0 Å². The van der Waals surface area contributed by atoms with Crippen molar-refractivity contribution >= 4 is 11.4 Å². The monoisotopic (exact) mass is 220 g/mol. The van der Waals surface area contributed by atoms with Crippen LogP contribution in [0.25, 0.3) is 0 Å². The van der Waals surface area contributed by atoms with Gasteiger partial charge in [0.15, 0.2) is 0 Å². The van der Waals surface area contributed by atoms with Crippen LogP contribution in [0.1, 0.15) is 0 Å². The molecule has 0 radical (unpaired) electrons. The summed E-state index contributed by atoms with van der Waals surface area (Å²) in [6, 6.07) is 6.88. The Morgan fingerprint density at radius 3 is 2.44 bits per heavy atom. The molecule has 5 heteroatoms.